The summed E-state index contributed by atoms with van der Waals surface area (Å²) in [6.07, 6.45) is 6.56. The molecule has 1 aromatic heterocycles. The molecular formula is C25H26F3N3O5S3. The van der Waals surface area contributed by atoms with Crippen LogP contribution in [-0.2, 0) is 31.6 Å². The standard InChI is InChI=1S/C21H14F3N3O3S.2C2H6OS/c22-13-10-14(23)20(15(24)11-13)31(29,30)27-18-8-4-3-7-17(18)26-21(28)19-9-12-5-1-2-6-16(12)25-19;2*1-4(2)3/h1-11,25,27H,(H,26,28);2*1-2H3. The van der Waals surface area contributed by atoms with E-state index in [1.165, 1.54) is 24.3 Å². The van der Waals surface area contributed by atoms with Gasteiger partial charge in [-0.25, -0.2) is 21.6 Å². The highest BCUT2D eigenvalue weighted by Crippen LogP contribution is 2.28. The monoisotopic (exact) mass is 601 g/mol. The molecule has 0 atom stereocenters. The molecule has 4 aromatic rings. The summed E-state index contributed by atoms with van der Waals surface area (Å²) in [5.41, 5.74) is 0.895. The van der Waals surface area contributed by atoms with Gasteiger partial charge in [0.2, 0.25) is 0 Å². The summed E-state index contributed by atoms with van der Waals surface area (Å²) in [5, 5.41) is 3.36. The number of aromatic amines is 1. The number of rotatable bonds is 5. The molecule has 0 saturated carbocycles. The van der Waals surface area contributed by atoms with Crippen LogP contribution in [0.2, 0.25) is 0 Å². The number of amides is 1. The molecular weight excluding hydrogens is 575 g/mol. The van der Waals surface area contributed by atoms with E-state index in [9.17, 15) is 34.8 Å². The van der Waals surface area contributed by atoms with Crippen molar-refractivity contribution in [2.45, 2.75) is 4.90 Å². The van der Waals surface area contributed by atoms with Gasteiger partial charge in [0.1, 0.15) is 23.1 Å². The zero-order valence-electron chi connectivity index (χ0n) is 21.3. The van der Waals surface area contributed by atoms with Gasteiger partial charge in [0.15, 0.2) is 4.90 Å². The van der Waals surface area contributed by atoms with E-state index in [1.54, 1.807) is 43.2 Å². The van der Waals surface area contributed by atoms with Crippen LogP contribution in [0.15, 0.2) is 71.6 Å². The maximum absolute atomic E-state index is 14.0. The number of fused-ring (bicyclic) bond motifs is 1. The molecule has 1 amide bonds. The number of carbonyl (C=O) groups excluding carboxylic acids is 1. The number of hydrogen-bond acceptors (Lipinski definition) is 5. The van der Waals surface area contributed by atoms with Gasteiger partial charge in [-0.15, -0.1) is 0 Å². The third kappa shape index (κ3) is 9.64. The van der Waals surface area contributed by atoms with Crippen molar-refractivity contribution in [3.05, 3.63) is 89.9 Å². The van der Waals surface area contributed by atoms with E-state index in [0.717, 1.165) is 10.9 Å². The number of H-pyrrole nitrogens is 1. The molecule has 14 heteroatoms. The van der Waals surface area contributed by atoms with E-state index in [4.69, 9.17) is 0 Å². The summed E-state index contributed by atoms with van der Waals surface area (Å²) in [5.74, 6) is -4.96. The van der Waals surface area contributed by atoms with Crippen molar-refractivity contribution < 1.29 is 34.8 Å². The van der Waals surface area contributed by atoms with Crippen LogP contribution in [0.5, 0.6) is 0 Å². The Labute approximate surface area is 229 Å². The molecule has 0 fully saturated rings. The number of aromatic nitrogens is 1. The molecule has 0 aliphatic rings. The summed E-state index contributed by atoms with van der Waals surface area (Å²) < 4.78 is 87.3. The van der Waals surface area contributed by atoms with Gasteiger partial charge >= 0.3 is 0 Å². The number of carbonyl (C=O) groups is 1. The van der Waals surface area contributed by atoms with Gasteiger partial charge < -0.3 is 10.3 Å². The molecule has 0 bridgehead atoms. The van der Waals surface area contributed by atoms with Crippen molar-refractivity contribution in [1.29, 1.82) is 0 Å². The van der Waals surface area contributed by atoms with Crippen LogP contribution in [0, 0.1) is 17.5 Å². The first-order valence-electron chi connectivity index (χ1n) is 10.9. The molecule has 210 valence electrons. The second kappa shape index (κ2) is 14.1. The number of sulfonamides is 1. The molecule has 0 aliphatic carbocycles. The molecule has 0 unspecified atom stereocenters. The fourth-order valence-corrected chi connectivity index (χ4v) is 4.25. The van der Waals surface area contributed by atoms with Crippen molar-refractivity contribution >= 4 is 59.8 Å². The topological polar surface area (TPSA) is 125 Å². The van der Waals surface area contributed by atoms with Crippen LogP contribution in [0.1, 0.15) is 10.5 Å². The van der Waals surface area contributed by atoms with Crippen molar-refractivity contribution in [2.75, 3.05) is 35.1 Å². The first-order valence-corrected chi connectivity index (χ1v) is 16.3. The summed E-state index contributed by atoms with van der Waals surface area (Å²) >= 11 is 0. The Kier molecular flexibility index (Phi) is 11.4. The molecule has 0 saturated heterocycles. The fraction of sp³-hybridized carbons (Fsp3) is 0.160. The predicted octanol–water partition coefficient (Wildman–Crippen LogP) is 4.63. The normalized spacial score (nSPS) is 10.9. The van der Waals surface area contributed by atoms with Gasteiger partial charge in [-0.2, -0.15) is 0 Å². The Hall–Kier alpha value is -3.49. The van der Waals surface area contributed by atoms with Gasteiger partial charge in [0, 0.05) is 69.7 Å². The van der Waals surface area contributed by atoms with Crippen LogP contribution in [0.3, 0.4) is 0 Å². The van der Waals surface area contributed by atoms with Gasteiger partial charge in [-0.3, -0.25) is 17.9 Å². The van der Waals surface area contributed by atoms with E-state index in [2.05, 4.69) is 10.3 Å². The average Bonchev–Trinajstić information content (AvgIpc) is 3.23. The molecule has 3 aromatic carbocycles. The van der Waals surface area contributed by atoms with Gasteiger partial charge in [0.05, 0.1) is 11.4 Å². The maximum Gasteiger partial charge on any atom is 0.272 e. The lowest BCUT2D eigenvalue weighted by molar-refractivity contribution is 0.102. The minimum absolute atomic E-state index is 0.0534. The molecule has 3 N–H and O–H groups in total. The Balaban J connectivity index is 0.000000590. The largest absolute Gasteiger partial charge is 0.351 e. The van der Waals surface area contributed by atoms with Crippen LogP contribution in [0.4, 0.5) is 24.5 Å². The number of para-hydroxylation sites is 3. The first-order chi connectivity index (χ1) is 18.2. The lowest BCUT2D eigenvalue weighted by Crippen LogP contribution is -2.19. The fourth-order valence-electron chi connectivity index (χ4n) is 3.05. The zero-order chi connectivity index (χ0) is 29.3. The van der Waals surface area contributed by atoms with Crippen LogP contribution >= 0.6 is 0 Å². The van der Waals surface area contributed by atoms with Crippen LogP contribution in [0.25, 0.3) is 10.9 Å². The Morgan fingerprint density at radius 1 is 0.795 bits per heavy atom. The molecule has 0 aliphatic heterocycles. The molecule has 0 spiro atoms. The molecule has 1 heterocycles. The zero-order valence-corrected chi connectivity index (χ0v) is 23.7. The van der Waals surface area contributed by atoms with E-state index in [-0.39, 0.29) is 29.2 Å². The van der Waals surface area contributed by atoms with Crippen LogP contribution < -0.4 is 10.0 Å². The number of benzene rings is 3. The smallest absolute Gasteiger partial charge is 0.272 e. The Morgan fingerprint density at radius 2 is 1.28 bits per heavy atom. The van der Waals surface area contributed by atoms with Crippen molar-refractivity contribution in [3.63, 3.8) is 0 Å². The summed E-state index contributed by atoms with van der Waals surface area (Å²) in [7, 11) is -5.98. The number of anilines is 2. The molecule has 8 nitrogen and oxygen atoms in total. The van der Waals surface area contributed by atoms with Crippen molar-refractivity contribution in [3.8, 4) is 0 Å². The number of halogens is 3. The quantitative estimate of drug-likeness (QED) is 0.308. The average molecular weight is 602 g/mol. The highest BCUT2D eigenvalue weighted by molar-refractivity contribution is 7.92. The highest BCUT2D eigenvalue weighted by atomic mass is 32.2. The SMILES string of the molecule is CS(C)=O.CS(C)=O.O=C(Nc1ccccc1NS(=O)(=O)c1c(F)cc(F)cc1F)c1cc2ccccc2[nH]1. The van der Waals surface area contributed by atoms with E-state index < -0.39 is 59.9 Å². The predicted molar refractivity (Wildman–Crippen MR) is 150 cm³/mol. The lowest BCUT2D eigenvalue weighted by atomic mass is 10.2. The second-order valence-corrected chi connectivity index (χ2v) is 12.6. The van der Waals surface area contributed by atoms with E-state index in [0.29, 0.717) is 0 Å². The first kappa shape index (κ1) is 31.7. The minimum Gasteiger partial charge on any atom is -0.351 e. The van der Waals surface area contributed by atoms with Gasteiger partial charge in [-0.05, 0) is 24.3 Å². The molecule has 4 rings (SSSR count). The summed E-state index contributed by atoms with van der Waals surface area (Å²) in [4.78, 5) is 14.3. The van der Waals surface area contributed by atoms with Gasteiger partial charge in [-0.1, -0.05) is 30.3 Å². The maximum atomic E-state index is 14.0. The third-order valence-corrected chi connectivity index (χ3v) is 5.84. The second-order valence-electron chi connectivity index (χ2n) is 8.06. The van der Waals surface area contributed by atoms with Crippen molar-refractivity contribution in [2.24, 2.45) is 0 Å². The third-order valence-electron chi connectivity index (χ3n) is 4.43. The van der Waals surface area contributed by atoms with E-state index in [1.807, 2.05) is 16.9 Å². The summed E-state index contributed by atoms with van der Waals surface area (Å²) in [6, 6.07) is 15.1. The number of nitrogens with one attached hydrogen (secondary N) is 3. The Bertz CT molecular complexity index is 1550. The molecule has 0 radical (unpaired) electrons. The highest BCUT2D eigenvalue weighted by Gasteiger charge is 2.26. The lowest BCUT2D eigenvalue weighted by Gasteiger charge is -2.14. The van der Waals surface area contributed by atoms with Crippen LogP contribution in [-0.4, -0.2) is 52.7 Å². The number of hydrogen-bond donors (Lipinski definition) is 3. The van der Waals surface area contributed by atoms with E-state index >= 15 is 0 Å². The molecule has 39 heavy (non-hydrogen) atoms. The van der Waals surface area contributed by atoms with Crippen molar-refractivity contribution in [1.82, 2.24) is 4.98 Å². The van der Waals surface area contributed by atoms with Gasteiger partial charge in [0.25, 0.3) is 15.9 Å². The Morgan fingerprint density at radius 3 is 1.82 bits per heavy atom. The summed E-state index contributed by atoms with van der Waals surface area (Å²) in [6.45, 7) is 0. The minimum atomic E-state index is -4.76.